The number of hydrogen-bond donors (Lipinski definition) is 1. The van der Waals surface area contributed by atoms with Crippen LogP contribution in [0.1, 0.15) is 39.0 Å². The molecule has 0 saturated carbocycles. The highest BCUT2D eigenvalue weighted by molar-refractivity contribution is 8.01. The largest absolute Gasteiger partial charge is 0.481 e. The van der Waals surface area contributed by atoms with Gasteiger partial charge in [0.25, 0.3) is 0 Å². The van der Waals surface area contributed by atoms with Gasteiger partial charge in [-0.2, -0.15) is 11.8 Å². The van der Waals surface area contributed by atoms with Crippen molar-refractivity contribution >= 4 is 34.3 Å². The van der Waals surface area contributed by atoms with E-state index < -0.39 is 16.8 Å². The third kappa shape index (κ3) is 4.44. The van der Waals surface area contributed by atoms with Gasteiger partial charge in [0, 0.05) is 45.1 Å². The van der Waals surface area contributed by atoms with Gasteiger partial charge in [0.05, 0.1) is 0 Å². The van der Waals surface area contributed by atoms with E-state index in [4.69, 9.17) is 5.11 Å². The van der Waals surface area contributed by atoms with Gasteiger partial charge >= 0.3 is 5.97 Å². The number of unbranched alkanes of at least 4 members (excludes halogenated alkanes) is 1. The van der Waals surface area contributed by atoms with Crippen molar-refractivity contribution in [2.75, 3.05) is 11.5 Å². The van der Waals surface area contributed by atoms with E-state index in [1.807, 2.05) is 18.7 Å². The van der Waals surface area contributed by atoms with E-state index in [1.54, 1.807) is 12.2 Å². The van der Waals surface area contributed by atoms with Gasteiger partial charge in [-0.05, 0) is 37.7 Å². The molecule has 124 valence electrons. The molecule has 22 heavy (non-hydrogen) atoms. The maximum Gasteiger partial charge on any atom is 0.303 e. The molecule has 0 aromatic heterocycles. The zero-order valence-corrected chi connectivity index (χ0v) is 14.5. The molecule has 5 atom stereocenters. The zero-order chi connectivity index (χ0) is 16.1. The van der Waals surface area contributed by atoms with Crippen molar-refractivity contribution < 1.29 is 18.9 Å². The van der Waals surface area contributed by atoms with E-state index in [0.717, 1.165) is 12.8 Å². The molecule has 0 aromatic rings. The number of thioether (sulfide) groups is 1. The first-order valence-electron chi connectivity index (χ1n) is 7.95. The van der Waals surface area contributed by atoms with Crippen molar-refractivity contribution in [2.24, 2.45) is 11.8 Å². The smallest absolute Gasteiger partial charge is 0.303 e. The Morgan fingerprint density at radius 1 is 1.32 bits per heavy atom. The van der Waals surface area contributed by atoms with E-state index in [0.29, 0.717) is 34.8 Å². The number of rotatable bonds is 9. The maximum absolute atomic E-state index is 12.5. The molecule has 0 spiro atoms. The number of carboxylic acid groups (broad SMARTS) is 1. The Morgan fingerprint density at radius 2 is 2.05 bits per heavy atom. The molecule has 1 unspecified atom stereocenters. The molecular formula is C16H24O4S2. The summed E-state index contributed by atoms with van der Waals surface area (Å²) < 4.78 is 11.9. The first-order chi connectivity index (χ1) is 10.5. The first kappa shape index (κ1) is 17.7. The van der Waals surface area contributed by atoms with Crippen LogP contribution in [0.2, 0.25) is 0 Å². The van der Waals surface area contributed by atoms with Crippen LogP contribution in [-0.4, -0.2) is 43.1 Å². The molecule has 4 nitrogen and oxygen atoms in total. The van der Waals surface area contributed by atoms with Crippen LogP contribution in [0, 0.1) is 11.8 Å². The van der Waals surface area contributed by atoms with Crippen molar-refractivity contribution in [2.45, 2.75) is 49.5 Å². The molecule has 2 bridgehead atoms. The summed E-state index contributed by atoms with van der Waals surface area (Å²) >= 11 is 1.91. The highest BCUT2D eigenvalue weighted by atomic mass is 32.2. The lowest BCUT2D eigenvalue weighted by Gasteiger charge is -2.27. The number of carbonyl (C=O) groups excluding carboxylic acids is 1. The van der Waals surface area contributed by atoms with E-state index in [2.05, 4.69) is 0 Å². The zero-order valence-electron chi connectivity index (χ0n) is 12.9. The number of allylic oxidation sites excluding steroid dienone is 2. The molecule has 2 saturated heterocycles. The molecule has 0 amide bonds. The van der Waals surface area contributed by atoms with Gasteiger partial charge < -0.3 is 5.11 Å². The Labute approximate surface area is 138 Å². The van der Waals surface area contributed by atoms with Crippen molar-refractivity contribution in [3.63, 3.8) is 0 Å². The molecule has 2 fully saturated rings. The van der Waals surface area contributed by atoms with Crippen LogP contribution in [0.15, 0.2) is 12.2 Å². The second-order valence-corrected chi connectivity index (χ2v) is 9.24. The van der Waals surface area contributed by atoms with Crippen molar-refractivity contribution in [3.05, 3.63) is 12.2 Å². The van der Waals surface area contributed by atoms with E-state index in [9.17, 15) is 13.8 Å². The molecule has 2 aliphatic heterocycles. The summed E-state index contributed by atoms with van der Waals surface area (Å²) in [6.07, 6.45) is 7.00. The summed E-state index contributed by atoms with van der Waals surface area (Å²) in [5, 5.41) is 9.47. The summed E-state index contributed by atoms with van der Waals surface area (Å²) in [4.78, 5) is 22.9. The molecule has 0 radical (unpaired) electrons. The maximum atomic E-state index is 12.5. The Bertz CT molecular complexity index is 475. The lowest BCUT2D eigenvalue weighted by Crippen LogP contribution is -2.36. The van der Waals surface area contributed by atoms with E-state index >= 15 is 0 Å². The molecule has 6 heteroatoms. The topological polar surface area (TPSA) is 71.4 Å². The van der Waals surface area contributed by atoms with Gasteiger partial charge in [-0.15, -0.1) is 0 Å². The highest BCUT2D eigenvalue weighted by Gasteiger charge is 2.50. The normalized spacial score (nSPS) is 31.7. The number of fused-ring (bicyclic) bond motifs is 2. The molecule has 2 aliphatic rings. The minimum absolute atomic E-state index is 0.00923. The predicted octanol–water partition coefficient (Wildman–Crippen LogP) is 2.65. The summed E-state index contributed by atoms with van der Waals surface area (Å²) in [6, 6.07) is 0. The van der Waals surface area contributed by atoms with Gasteiger partial charge in [-0.25, -0.2) is 0 Å². The van der Waals surface area contributed by atoms with E-state index in [1.165, 1.54) is 0 Å². The third-order valence-corrected chi connectivity index (χ3v) is 7.71. The summed E-state index contributed by atoms with van der Waals surface area (Å²) in [5.74, 6) is 0.911. The molecule has 0 aliphatic carbocycles. The minimum atomic E-state index is -0.825. The van der Waals surface area contributed by atoms with Crippen molar-refractivity contribution in [1.82, 2.24) is 0 Å². The first-order valence-corrected chi connectivity index (χ1v) is 10.4. The van der Waals surface area contributed by atoms with Gasteiger partial charge in [0.15, 0.2) is 5.78 Å². The quantitative estimate of drug-likeness (QED) is 0.514. The standard InChI is InChI=1S/C16H24O4S2/c1-2-22(20)10-11-13-8-9-14(21-13)16(11)12(17)6-4-3-5-7-15(18)19/h4,6,11,13-14,16H,2-3,5,7-10H2,1H3,(H,18,19)/t11-,13+,14-,16+,22?/m1/s1. The van der Waals surface area contributed by atoms with Gasteiger partial charge in [0.2, 0.25) is 0 Å². The fourth-order valence-corrected chi connectivity index (χ4v) is 6.59. The summed E-state index contributed by atoms with van der Waals surface area (Å²) in [5.41, 5.74) is 0. The second-order valence-electron chi connectivity index (χ2n) is 5.97. The molecule has 2 rings (SSSR count). The number of carbonyl (C=O) groups is 2. The third-order valence-electron chi connectivity index (χ3n) is 4.50. The highest BCUT2D eigenvalue weighted by Crippen LogP contribution is 2.53. The fraction of sp³-hybridized carbons (Fsp3) is 0.750. The fourth-order valence-electron chi connectivity index (χ4n) is 3.39. The lowest BCUT2D eigenvalue weighted by atomic mass is 9.78. The average Bonchev–Trinajstić information content (AvgIpc) is 3.07. The number of ketones is 1. The van der Waals surface area contributed by atoms with Crippen LogP contribution < -0.4 is 0 Å². The molecular weight excluding hydrogens is 320 g/mol. The minimum Gasteiger partial charge on any atom is -0.481 e. The SMILES string of the molecule is CCS(=O)C[C@H]1[C@@H](C(=O)C=CCCCC(=O)O)[C@H]2CC[C@@H]1S2. The van der Waals surface area contributed by atoms with Crippen LogP contribution in [0.5, 0.6) is 0 Å². The number of aliphatic carboxylic acids is 1. The second kappa shape index (κ2) is 8.29. The Balaban J connectivity index is 1.90. The molecule has 0 aromatic carbocycles. The van der Waals surface area contributed by atoms with Gasteiger partial charge in [0.1, 0.15) is 0 Å². The van der Waals surface area contributed by atoms with Crippen LogP contribution in [-0.2, 0) is 20.4 Å². The monoisotopic (exact) mass is 344 g/mol. The van der Waals surface area contributed by atoms with Crippen LogP contribution in [0.3, 0.4) is 0 Å². The Hall–Kier alpha value is -0.620. The van der Waals surface area contributed by atoms with Crippen molar-refractivity contribution in [3.8, 4) is 0 Å². The summed E-state index contributed by atoms with van der Waals surface area (Å²) in [7, 11) is -0.825. The number of hydrogen-bond acceptors (Lipinski definition) is 4. The van der Waals surface area contributed by atoms with E-state index in [-0.39, 0.29) is 24.0 Å². The van der Waals surface area contributed by atoms with Gasteiger partial charge in [-0.1, -0.05) is 13.0 Å². The number of carboxylic acids is 1. The summed E-state index contributed by atoms with van der Waals surface area (Å²) in [6.45, 7) is 1.93. The average molecular weight is 344 g/mol. The Morgan fingerprint density at radius 3 is 2.73 bits per heavy atom. The molecule has 2 heterocycles. The van der Waals surface area contributed by atoms with Gasteiger partial charge in [-0.3, -0.25) is 13.8 Å². The van der Waals surface area contributed by atoms with Crippen molar-refractivity contribution in [1.29, 1.82) is 0 Å². The predicted molar refractivity (Wildman–Crippen MR) is 90.6 cm³/mol. The van der Waals surface area contributed by atoms with Crippen LogP contribution in [0.25, 0.3) is 0 Å². The molecule has 1 N–H and O–H groups in total. The van der Waals surface area contributed by atoms with Crippen LogP contribution in [0.4, 0.5) is 0 Å². The van der Waals surface area contributed by atoms with Crippen LogP contribution >= 0.6 is 11.8 Å². The lowest BCUT2D eigenvalue weighted by molar-refractivity contribution is -0.137. The Kier molecular flexibility index (Phi) is 6.68.